The summed E-state index contributed by atoms with van der Waals surface area (Å²) in [4.78, 5) is 11.3. The van der Waals surface area contributed by atoms with Crippen LogP contribution in [0.5, 0.6) is 5.75 Å². The maximum atomic E-state index is 12.3. The number of aryl methyl sites for hydroxylation is 1. The molecule has 0 aliphatic heterocycles. The first-order valence-corrected chi connectivity index (χ1v) is 5.55. The van der Waals surface area contributed by atoms with Crippen LogP contribution in [0.2, 0.25) is 0 Å². The lowest BCUT2D eigenvalue weighted by Crippen LogP contribution is -2.06. The van der Waals surface area contributed by atoms with Gasteiger partial charge >= 0.3 is 12.6 Å². The molecular formula is C13H12F2O4. The quantitative estimate of drug-likeness (QED) is 0.801. The van der Waals surface area contributed by atoms with Crippen LogP contribution >= 0.6 is 0 Å². The van der Waals surface area contributed by atoms with Gasteiger partial charge in [-0.15, -0.1) is 0 Å². The lowest BCUT2D eigenvalue weighted by molar-refractivity contribution is -0.139. The molecule has 0 N–H and O–H groups in total. The second-order valence-corrected chi connectivity index (χ2v) is 3.95. The van der Waals surface area contributed by atoms with Gasteiger partial charge in [0.15, 0.2) is 11.3 Å². The predicted molar refractivity (Wildman–Crippen MR) is 63.3 cm³/mol. The average Bonchev–Trinajstić information content (AvgIpc) is 2.74. The Kier molecular flexibility index (Phi) is 3.69. The van der Waals surface area contributed by atoms with E-state index in [4.69, 9.17) is 4.42 Å². The van der Waals surface area contributed by atoms with Gasteiger partial charge in [0.05, 0.1) is 13.5 Å². The summed E-state index contributed by atoms with van der Waals surface area (Å²) < 4.78 is 38.9. The van der Waals surface area contributed by atoms with E-state index in [0.717, 1.165) is 0 Å². The maximum Gasteiger partial charge on any atom is 0.387 e. The Morgan fingerprint density at radius 3 is 2.79 bits per heavy atom. The van der Waals surface area contributed by atoms with E-state index in [-0.39, 0.29) is 17.8 Å². The lowest BCUT2D eigenvalue weighted by atomic mass is 10.1. The van der Waals surface area contributed by atoms with Crippen LogP contribution in [0.15, 0.2) is 22.6 Å². The van der Waals surface area contributed by atoms with E-state index in [0.29, 0.717) is 16.7 Å². The molecule has 2 aromatic rings. The summed E-state index contributed by atoms with van der Waals surface area (Å²) in [6.07, 6.45) is 0.0426. The van der Waals surface area contributed by atoms with Gasteiger partial charge in [-0.1, -0.05) is 6.07 Å². The monoisotopic (exact) mass is 270 g/mol. The summed E-state index contributed by atoms with van der Waals surface area (Å²) in [5.41, 5.74) is 0.847. The molecule has 0 amide bonds. The molecule has 0 fully saturated rings. The zero-order valence-corrected chi connectivity index (χ0v) is 10.4. The van der Waals surface area contributed by atoms with Gasteiger partial charge in [0, 0.05) is 5.39 Å². The molecule has 6 heteroatoms. The highest BCUT2D eigenvalue weighted by Gasteiger charge is 2.16. The fourth-order valence-corrected chi connectivity index (χ4v) is 1.85. The smallest absolute Gasteiger partial charge is 0.387 e. The number of carbonyl (C=O) groups is 1. The third-order valence-electron chi connectivity index (χ3n) is 2.64. The molecule has 0 atom stereocenters. The number of rotatable bonds is 4. The van der Waals surface area contributed by atoms with Gasteiger partial charge in [0.2, 0.25) is 0 Å². The van der Waals surface area contributed by atoms with Crippen LogP contribution in [0.1, 0.15) is 11.3 Å². The molecule has 0 saturated carbocycles. The van der Waals surface area contributed by atoms with Crippen molar-refractivity contribution in [2.24, 2.45) is 0 Å². The van der Waals surface area contributed by atoms with Gasteiger partial charge in [-0.25, -0.2) is 0 Å². The molecule has 0 spiro atoms. The highest BCUT2D eigenvalue weighted by atomic mass is 19.3. The van der Waals surface area contributed by atoms with Crippen LogP contribution in [-0.2, 0) is 16.0 Å². The molecule has 0 bridgehead atoms. The zero-order valence-electron chi connectivity index (χ0n) is 10.4. The molecule has 0 radical (unpaired) electrons. The van der Waals surface area contributed by atoms with Crippen molar-refractivity contribution in [3.8, 4) is 5.75 Å². The molecule has 1 aromatic heterocycles. The Morgan fingerprint density at radius 1 is 1.42 bits per heavy atom. The zero-order chi connectivity index (χ0) is 14.0. The number of furan rings is 1. The largest absolute Gasteiger partial charge is 0.469 e. The van der Waals surface area contributed by atoms with Crippen LogP contribution < -0.4 is 4.74 Å². The van der Waals surface area contributed by atoms with Crippen LogP contribution in [0.4, 0.5) is 8.78 Å². The van der Waals surface area contributed by atoms with Crippen LogP contribution in [0.25, 0.3) is 11.0 Å². The van der Waals surface area contributed by atoms with E-state index in [1.807, 2.05) is 0 Å². The first kappa shape index (κ1) is 13.3. The molecule has 2 rings (SSSR count). The molecule has 19 heavy (non-hydrogen) atoms. The van der Waals surface area contributed by atoms with Gasteiger partial charge in [0.1, 0.15) is 5.76 Å². The summed E-state index contributed by atoms with van der Waals surface area (Å²) in [5, 5.41) is 0.570. The number of halogens is 2. The molecule has 1 aromatic carbocycles. The first-order chi connectivity index (χ1) is 9.01. The number of carbonyl (C=O) groups excluding carboxylic acids is 1. The standard InChI is InChI=1S/C13H12F2O4/c1-7-5-9-8(6-11(16)17-2)3-4-10(12(9)18-7)19-13(14)15/h3-5,13H,6H2,1-2H3. The highest BCUT2D eigenvalue weighted by Crippen LogP contribution is 2.32. The van der Waals surface area contributed by atoms with Crippen LogP contribution in [-0.4, -0.2) is 19.7 Å². The van der Waals surface area contributed by atoms with Gasteiger partial charge in [-0.2, -0.15) is 8.78 Å². The highest BCUT2D eigenvalue weighted by molar-refractivity contribution is 5.90. The van der Waals surface area contributed by atoms with E-state index < -0.39 is 12.6 Å². The summed E-state index contributed by atoms with van der Waals surface area (Å²) in [7, 11) is 1.29. The number of ether oxygens (including phenoxy) is 2. The number of alkyl halides is 2. The van der Waals surface area contributed by atoms with Crippen molar-refractivity contribution in [1.29, 1.82) is 0 Å². The number of hydrogen-bond acceptors (Lipinski definition) is 4. The van der Waals surface area contributed by atoms with Crippen molar-refractivity contribution in [3.63, 3.8) is 0 Å². The third kappa shape index (κ3) is 2.83. The van der Waals surface area contributed by atoms with E-state index in [2.05, 4.69) is 9.47 Å². The van der Waals surface area contributed by atoms with Crippen LogP contribution in [0, 0.1) is 6.92 Å². The molecular weight excluding hydrogens is 258 g/mol. The van der Waals surface area contributed by atoms with Crippen molar-refractivity contribution >= 4 is 16.9 Å². The minimum Gasteiger partial charge on any atom is -0.469 e. The summed E-state index contributed by atoms with van der Waals surface area (Å²) in [6, 6.07) is 4.58. The molecule has 1 heterocycles. The van der Waals surface area contributed by atoms with Crippen molar-refractivity contribution < 1.29 is 27.5 Å². The second-order valence-electron chi connectivity index (χ2n) is 3.95. The number of hydrogen-bond donors (Lipinski definition) is 0. The molecule has 4 nitrogen and oxygen atoms in total. The predicted octanol–water partition coefficient (Wildman–Crippen LogP) is 3.06. The summed E-state index contributed by atoms with van der Waals surface area (Å²) in [5.74, 6) is 0.0841. The Balaban J connectivity index is 2.48. The van der Waals surface area contributed by atoms with Crippen molar-refractivity contribution in [1.82, 2.24) is 0 Å². The maximum absolute atomic E-state index is 12.3. The Bertz CT molecular complexity index is 604. The van der Waals surface area contributed by atoms with Gasteiger partial charge in [0.25, 0.3) is 0 Å². The van der Waals surface area contributed by atoms with Gasteiger partial charge in [-0.3, -0.25) is 4.79 Å². The molecule has 102 valence electrons. The lowest BCUT2D eigenvalue weighted by Gasteiger charge is -2.07. The molecule has 0 aliphatic carbocycles. The van der Waals surface area contributed by atoms with Gasteiger partial charge < -0.3 is 13.9 Å². The SMILES string of the molecule is COC(=O)Cc1ccc(OC(F)F)c2oc(C)cc12. The minimum atomic E-state index is -2.93. The number of methoxy groups -OCH3 is 1. The fourth-order valence-electron chi connectivity index (χ4n) is 1.85. The Hall–Kier alpha value is -2.11. The topological polar surface area (TPSA) is 48.7 Å². The first-order valence-electron chi connectivity index (χ1n) is 5.55. The van der Waals surface area contributed by atoms with Crippen molar-refractivity contribution in [2.45, 2.75) is 20.0 Å². The van der Waals surface area contributed by atoms with Gasteiger partial charge in [-0.05, 0) is 24.6 Å². The normalized spacial score (nSPS) is 11.0. The van der Waals surface area contributed by atoms with Crippen molar-refractivity contribution in [3.05, 3.63) is 29.5 Å². The van der Waals surface area contributed by atoms with Crippen LogP contribution in [0.3, 0.4) is 0 Å². The van der Waals surface area contributed by atoms with E-state index in [1.165, 1.54) is 13.2 Å². The molecule has 0 aliphatic rings. The summed E-state index contributed by atoms with van der Waals surface area (Å²) in [6.45, 7) is -1.24. The molecule has 0 saturated heterocycles. The average molecular weight is 270 g/mol. The van der Waals surface area contributed by atoms with Crippen molar-refractivity contribution in [2.75, 3.05) is 7.11 Å². The Labute approximate surface area is 107 Å². The molecule has 0 unspecified atom stereocenters. The van der Waals surface area contributed by atoms with E-state index in [1.54, 1.807) is 19.1 Å². The fraction of sp³-hybridized carbons (Fsp3) is 0.308. The second kappa shape index (κ2) is 5.26. The number of esters is 1. The third-order valence-corrected chi connectivity index (χ3v) is 2.64. The van der Waals surface area contributed by atoms with E-state index >= 15 is 0 Å². The number of benzene rings is 1. The summed E-state index contributed by atoms with van der Waals surface area (Å²) >= 11 is 0. The number of fused-ring (bicyclic) bond motifs is 1. The Morgan fingerprint density at radius 2 is 2.16 bits per heavy atom. The van der Waals surface area contributed by atoms with E-state index in [9.17, 15) is 13.6 Å². The minimum absolute atomic E-state index is 0.0426.